The monoisotopic (exact) mass is 180 g/mol. The first-order valence-electron chi connectivity index (χ1n) is 4.77. The van der Waals surface area contributed by atoms with E-state index in [4.69, 9.17) is 10.2 Å². The van der Waals surface area contributed by atoms with Gasteiger partial charge in [0.2, 0.25) is 0 Å². The second-order valence-corrected chi connectivity index (χ2v) is 3.80. The molecule has 2 heterocycles. The SMILES string of the molecule is Cc1ccc(CN2CC[C@@H](N)C2)o1. The molecule has 0 aromatic carbocycles. The molecule has 2 N–H and O–H groups in total. The average Bonchev–Trinajstić information content (AvgIpc) is 2.62. The normalized spacial score (nSPS) is 24.0. The Labute approximate surface area is 78.5 Å². The van der Waals surface area contributed by atoms with Crippen molar-refractivity contribution < 1.29 is 4.42 Å². The summed E-state index contributed by atoms with van der Waals surface area (Å²) in [4.78, 5) is 2.34. The van der Waals surface area contributed by atoms with Crippen LogP contribution in [0.15, 0.2) is 16.5 Å². The highest BCUT2D eigenvalue weighted by Crippen LogP contribution is 2.13. The summed E-state index contributed by atoms with van der Waals surface area (Å²) in [7, 11) is 0. The predicted octanol–water partition coefficient (Wildman–Crippen LogP) is 1.12. The zero-order valence-corrected chi connectivity index (χ0v) is 7.99. The quantitative estimate of drug-likeness (QED) is 0.741. The Hall–Kier alpha value is -0.800. The zero-order valence-electron chi connectivity index (χ0n) is 7.99. The van der Waals surface area contributed by atoms with Gasteiger partial charge in [0.15, 0.2) is 0 Å². The van der Waals surface area contributed by atoms with Crippen LogP contribution in [-0.4, -0.2) is 24.0 Å². The van der Waals surface area contributed by atoms with E-state index in [-0.39, 0.29) is 0 Å². The maximum Gasteiger partial charge on any atom is 0.118 e. The van der Waals surface area contributed by atoms with Crippen molar-refractivity contribution in [1.29, 1.82) is 0 Å². The Morgan fingerprint density at radius 3 is 3.00 bits per heavy atom. The lowest BCUT2D eigenvalue weighted by atomic mass is 10.3. The fourth-order valence-corrected chi connectivity index (χ4v) is 1.80. The lowest BCUT2D eigenvalue weighted by Crippen LogP contribution is -2.26. The third kappa shape index (κ3) is 2.11. The van der Waals surface area contributed by atoms with Crippen molar-refractivity contribution in [3.8, 4) is 0 Å². The van der Waals surface area contributed by atoms with Gasteiger partial charge in [0.25, 0.3) is 0 Å². The van der Waals surface area contributed by atoms with E-state index >= 15 is 0 Å². The fourth-order valence-electron chi connectivity index (χ4n) is 1.80. The number of likely N-dealkylation sites (tertiary alicyclic amines) is 1. The Morgan fingerprint density at radius 1 is 1.62 bits per heavy atom. The van der Waals surface area contributed by atoms with E-state index in [1.165, 1.54) is 0 Å². The molecule has 0 unspecified atom stereocenters. The van der Waals surface area contributed by atoms with Crippen molar-refractivity contribution in [2.45, 2.75) is 25.9 Å². The smallest absolute Gasteiger partial charge is 0.118 e. The topological polar surface area (TPSA) is 42.4 Å². The fraction of sp³-hybridized carbons (Fsp3) is 0.600. The second-order valence-electron chi connectivity index (χ2n) is 3.80. The number of nitrogens with two attached hydrogens (primary N) is 1. The largest absolute Gasteiger partial charge is 0.465 e. The Balaban J connectivity index is 1.91. The Bertz CT molecular complexity index is 282. The number of nitrogens with zero attached hydrogens (tertiary/aromatic N) is 1. The third-order valence-electron chi connectivity index (χ3n) is 2.48. The first-order valence-corrected chi connectivity index (χ1v) is 4.77. The van der Waals surface area contributed by atoms with E-state index in [0.717, 1.165) is 37.6 Å². The number of hydrogen-bond donors (Lipinski definition) is 1. The number of hydrogen-bond acceptors (Lipinski definition) is 3. The van der Waals surface area contributed by atoms with Crippen LogP contribution in [-0.2, 0) is 6.54 Å². The van der Waals surface area contributed by atoms with E-state index in [1.54, 1.807) is 0 Å². The lowest BCUT2D eigenvalue weighted by molar-refractivity contribution is 0.291. The molecular formula is C10H16N2O. The first kappa shape index (κ1) is 8.78. The Kier molecular flexibility index (Phi) is 2.38. The van der Waals surface area contributed by atoms with Gasteiger partial charge >= 0.3 is 0 Å². The van der Waals surface area contributed by atoms with E-state index in [0.29, 0.717) is 6.04 Å². The molecule has 0 saturated carbocycles. The molecule has 0 spiro atoms. The van der Waals surface area contributed by atoms with Crippen molar-refractivity contribution in [3.05, 3.63) is 23.7 Å². The molecule has 1 aromatic rings. The molecule has 1 atom stereocenters. The molecule has 1 saturated heterocycles. The van der Waals surface area contributed by atoms with Crippen molar-refractivity contribution >= 4 is 0 Å². The van der Waals surface area contributed by atoms with Crippen LogP contribution in [0.4, 0.5) is 0 Å². The van der Waals surface area contributed by atoms with Gasteiger partial charge in [-0.25, -0.2) is 0 Å². The molecule has 3 nitrogen and oxygen atoms in total. The average molecular weight is 180 g/mol. The van der Waals surface area contributed by atoms with Crippen molar-refractivity contribution in [1.82, 2.24) is 4.90 Å². The zero-order chi connectivity index (χ0) is 9.26. The summed E-state index contributed by atoms with van der Waals surface area (Å²) in [6, 6.07) is 4.40. The standard InChI is InChI=1S/C10H16N2O/c1-8-2-3-10(13-8)7-12-5-4-9(11)6-12/h2-3,9H,4-7,11H2,1H3/t9-/m1/s1. The van der Waals surface area contributed by atoms with Gasteiger partial charge < -0.3 is 10.2 Å². The van der Waals surface area contributed by atoms with Crippen LogP contribution in [0.1, 0.15) is 17.9 Å². The van der Waals surface area contributed by atoms with Gasteiger partial charge in [0.05, 0.1) is 6.54 Å². The molecule has 13 heavy (non-hydrogen) atoms. The Morgan fingerprint density at radius 2 is 2.46 bits per heavy atom. The molecule has 72 valence electrons. The van der Waals surface area contributed by atoms with E-state index < -0.39 is 0 Å². The maximum atomic E-state index is 5.81. The van der Waals surface area contributed by atoms with E-state index in [2.05, 4.69) is 4.90 Å². The molecule has 0 amide bonds. The highest BCUT2D eigenvalue weighted by Gasteiger charge is 2.19. The lowest BCUT2D eigenvalue weighted by Gasteiger charge is -2.12. The van der Waals surface area contributed by atoms with Crippen LogP contribution < -0.4 is 5.73 Å². The molecule has 0 radical (unpaired) electrons. The molecular weight excluding hydrogens is 164 g/mol. The van der Waals surface area contributed by atoms with Gasteiger partial charge in [-0.3, -0.25) is 4.90 Å². The van der Waals surface area contributed by atoms with Crippen LogP contribution in [0, 0.1) is 6.92 Å². The van der Waals surface area contributed by atoms with Gasteiger partial charge in [-0.2, -0.15) is 0 Å². The molecule has 1 aromatic heterocycles. The summed E-state index contributed by atoms with van der Waals surface area (Å²) in [5.41, 5.74) is 5.81. The summed E-state index contributed by atoms with van der Waals surface area (Å²) >= 11 is 0. The second kappa shape index (κ2) is 3.52. The predicted molar refractivity (Wildman–Crippen MR) is 51.3 cm³/mol. The molecule has 1 fully saturated rings. The molecule has 2 rings (SSSR count). The van der Waals surface area contributed by atoms with Gasteiger partial charge in [-0.05, 0) is 25.5 Å². The maximum absolute atomic E-state index is 5.81. The summed E-state index contributed by atoms with van der Waals surface area (Å²) in [5.74, 6) is 2.03. The summed E-state index contributed by atoms with van der Waals surface area (Å²) in [6.45, 7) is 4.97. The molecule has 0 bridgehead atoms. The van der Waals surface area contributed by atoms with Crippen LogP contribution in [0.3, 0.4) is 0 Å². The molecule has 1 aliphatic rings. The molecule has 3 heteroatoms. The van der Waals surface area contributed by atoms with E-state index in [1.807, 2.05) is 19.1 Å². The van der Waals surface area contributed by atoms with Gasteiger partial charge in [0, 0.05) is 19.1 Å². The highest BCUT2D eigenvalue weighted by molar-refractivity contribution is 5.05. The minimum absolute atomic E-state index is 0.357. The molecule has 1 aliphatic heterocycles. The highest BCUT2D eigenvalue weighted by atomic mass is 16.3. The number of rotatable bonds is 2. The minimum Gasteiger partial charge on any atom is -0.465 e. The van der Waals surface area contributed by atoms with Crippen molar-refractivity contribution in [3.63, 3.8) is 0 Å². The third-order valence-corrected chi connectivity index (χ3v) is 2.48. The van der Waals surface area contributed by atoms with Crippen LogP contribution in [0.25, 0.3) is 0 Å². The number of aryl methyl sites for hydroxylation is 1. The first-order chi connectivity index (χ1) is 6.24. The number of furan rings is 1. The van der Waals surface area contributed by atoms with Crippen molar-refractivity contribution in [2.75, 3.05) is 13.1 Å². The van der Waals surface area contributed by atoms with Gasteiger partial charge in [-0.15, -0.1) is 0 Å². The van der Waals surface area contributed by atoms with Gasteiger partial charge in [-0.1, -0.05) is 0 Å². The van der Waals surface area contributed by atoms with Crippen molar-refractivity contribution in [2.24, 2.45) is 5.73 Å². The summed E-state index contributed by atoms with van der Waals surface area (Å²) < 4.78 is 5.50. The summed E-state index contributed by atoms with van der Waals surface area (Å²) in [5, 5.41) is 0. The summed E-state index contributed by atoms with van der Waals surface area (Å²) in [6.07, 6.45) is 1.11. The van der Waals surface area contributed by atoms with Crippen LogP contribution in [0.5, 0.6) is 0 Å². The molecule has 0 aliphatic carbocycles. The van der Waals surface area contributed by atoms with E-state index in [9.17, 15) is 0 Å². The van der Waals surface area contributed by atoms with Gasteiger partial charge in [0.1, 0.15) is 11.5 Å². The minimum atomic E-state index is 0.357. The van der Waals surface area contributed by atoms with Crippen LogP contribution in [0.2, 0.25) is 0 Å². The van der Waals surface area contributed by atoms with Crippen LogP contribution >= 0.6 is 0 Å².